The molecular weight excluding hydrogens is 326 g/mol. The lowest BCUT2D eigenvalue weighted by Crippen LogP contribution is -2.38. The second kappa shape index (κ2) is 7.44. The van der Waals surface area contributed by atoms with Gasteiger partial charge in [0.05, 0.1) is 0 Å². The molecule has 4 rings (SSSR count). The minimum Gasteiger partial charge on any atom is -0.457 e. The molecule has 0 spiro atoms. The molecule has 1 aromatic heterocycles. The molecular formula is C21H21N3O2. The molecule has 1 N–H and O–H groups in total. The minimum atomic E-state index is 0.0779. The van der Waals surface area contributed by atoms with E-state index >= 15 is 0 Å². The minimum absolute atomic E-state index is 0.0779. The largest absolute Gasteiger partial charge is 0.457 e. The highest BCUT2D eigenvalue weighted by Crippen LogP contribution is 2.27. The summed E-state index contributed by atoms with van der Waals surface area (Å²) in [5, 5.41) is 0. The molecule has 0 atom stereocenters. The average Bonchev–Trinajstić information content (AvgIpc) is 3.24. The number of aromatic amines is 1. The van der Waals surface area contributed by atoms with Crippen molar-refractivity contribution in [2.24, 2.45) is 0 Å². The van der Waals surface area contributed by atoms with E-state index in [4.69, 9.17) is 4.74 Å². The van der Waals surface area contributed by atoms with E-state index in [0.717, 1.165) is 43.3 Å². The zero-order valence-corrected chi connectivity index (χ0v) is 14.5. The molecule has 0 radical (unpaired) electrons. The Kier molecular flexibility index (Phi) is 4.69. The van der Waals surface area contributed by atoms with Gasteiger partial charge in [-0.25, -0.2) is 4.98 Å². The molecule has 1 saturated heterocycles. The average molecular weight is 347 g/mol. The van der Waals surface area contributed by atoms with Crippen LogP contribution in [0.1, 0.15) is 34.9 Å². The molecule has 132 valence electrons. The third-order valence-corrected chi connectivity index (χ3v) is 4.77. The number of carbonyl (C=O) groups is 1. The predicted molar refractivity (Wildman–Crippen MR) is 99.4 cm³/mol. The van der Waals surface area contributed by atoms with Crippen LogP contribution in [0.2, 0.25) is 0 Å². The number of piperidine rings is 1. The fourth-order valence-electron chi connectivity index (χ4n) is 3.33. The zero-order valence-electron chi connectivity index (χ0n) is 14.5. The molecule has 0 bridgehead atoms. The van der Waals surface area contributed by atoms with Crippen molar-refractivity contribution in [1.29, 1.82) is 0 Å². The number of carbonyl (C=O) groups excluding carboxylic acids is 1. The number of rotatable bonds is 4. The molecule has 5 heteroatoms. The Balaban J connectivity index is 1.36. The number of amides is 1. The van der Waals surface area contributed by atoms with Crippen molar-refractivity contribution in [3.05, 3.63) is 78.4 Å². The first-order valence-corrected chi connectivity index (χ1v) is 8.91. The maximum absolute atomic E-state index is 12.7. The van der Waals surface area contributed by atoms with Crippen molar-refractivity contribution < 1.29 is 9.53 Å². The van der Waals surface area contributed by atoms with Crippen LogP contribution in [0.15, 0.2) is 67.0 Å². The normalized spacial score (nSPS) is 15.0. The number of H-pyrrole nitrogens is 1. The molecule has 0 unspecified atom stereocenters. The molecule has 1 aliphatic heterocycles. The van der Waals surface area contributed by atoms with E-state index in [9.17, 15) is 4.79 Å². The number of aromatic nitrogens is 2. The van der Waals surface area contributed by atoms with Gasteiger partial charge in [-0.05, 0) is 49.2 Å². The maximum Gasteiger partial charge on any atom is 0.253 e. The van der Waals surface area contributed by atoms with Gasteiger partial charge in [-0.2, -0.15) is 0 Å². The highest BCUT2D eigenvalue weighted by molar-refractivity contribution is 5.94. The van der Waals surface area contributed by atoms with E-state index in [2.05, 4.69) is 9.97 Å². The van der Waals surface area contributed by atoms with E-state index < -0.39 is 0 Å². The van der Waals surface area contributed by atoms with Crippen LogP contribution in [0.5, 0.6) is 11.5 Å². The number of hydrogen-bond donors (Lipinski definition) is 1. The topological polar surface area (TPSA) is 58.2 Å². The molecule has 3 aromatic rings. The van der Waals surface area contributed by atoms with Crippen molar-refractivity contribution in [1.82, 2.24) is 14.9 Å². The van der Waals surface area contributed by atoms with E-state index in [1.807, 2.05) is 65.7 Å². The Morgan fingerprint density at radius 1 is 1.00 bits per heavy atom. The summed E-state index contributed by atoms with van der Waals surface area (Å²) in [6, 6.07) is 17.0. The van der Waals surface area contributed by atoms with E-state index in [0.29, 0.717) is 11.5 Å². The third kappa shape index (κ3) is 3.61. The lowest BCUT2D eigenvalue weighted by Gasteiger charge is -2.31. The molecule has 26 heavy (non-hydrogen) atoms. The maximum atomic E-state index is 12.7. The Labute approximate surface area is 152 Å². The lowest BCUT2D eigenvalue weighted by atomic mass is 9.95. The predicted octanol–water partition coefficient (Wildman–Crippen LogP) is 4.22. The summed E-state index contributed by atoms with van der Waals surface area (Å²) in [5.74, 6) is 3.03. The van der Waals surface area contributed by atoms with Crippen LogP contribution in [-0.4, -0.2) is 33.9 Å². The standard InChI is InChI=1S/C21H21N3O2/c25-21(24-14-10-16(11-15-24)20-22-12-13-23-20)17-6-8-19(9-7-17)26-18-4-2-1-3-5-18/h1-9,12-13,16H,10-11,14-15H2,(H,22,23). The molecule has 1 fully saturated rings. The Morgan fingerprint density at radius 2 is 1.69 bits per heavy atom. The third-order valence-electron chi connectivity index (χ3n) is 4.77. The van der Waals surface area contributed by atoms with Crippen molar-refractivity contribution in [2.45, 2.75) is 18.8 Å². The summed E-state index contributed by atoms with van der Waals surface area (Å²) >= 11 is 0. The first kappa shape index (κ1) is 16.4. The van der Waals surface area contributed by atoms with Gasteiger partial charge in [0.25, 0.3) is 5.91 Å². The summed E-state index contributed by atoms with van der Waals surface area (Å²) in [6.45, 7) is 1.51. The molecule has 2 aromatic carbocycles. The molecule has 0 aliphatic carbocycles. The number of nitrogens with zero attached hydrogens (tertiary/aromatic N) is 2. The van der Waals surface area contributed by atoms with Crippen LogP contribution in [0.3, 0.4) is 0 Å². The summed E-state index contributed by atoms with van der Waals surface area (Å²) < 4.78 is 5.78. The van der Waals surface area contributed by atoms with Crippen molar-refractivity contribution in [3.63, 3.8) is 0 Å². The van der Waals surface area contributed by atoms with Gasteiger partial charge in [-0.15, -0.1) is 0 Å². The first-order valence-electron chi connectivity index (χ1n) is 8.91. The fraction of sp³-hybridized carbons (Fsp3) is 0.238. The zero-order chi connectivity index (χ0) is 17.8. The SMILES string of the molecule is O=C(c1ccc(Oc2ccccc2)cc1)N1CCC(c2ncc[nH]2)CC1. The van der Waals surface area contributed by atoms with Crippen molar-refractivity contribution in [3.8, 4) is 11.5 Å². The highest BCUT2D eigenvalue weighted by Gasteiger charge is 2.25. The van der Waals surface area contributed by atoms with Crippen LogP contribution in [-0.2, 0) is 0 Å². The summed E-state index contributed by atoms with van der Waals surface area (Å²) in [4.78, 5) is 22.2. The van der Waals surface area contributed by atoms with E-state index in [-0.39, 0.29) is 5.91 Å². The molecule has 1 amide bonds. The van der Waals surface area contributed by atoms with Gasteiger partial charge in [0.1, 0.15) is 17.3 Å². The number of likely N-dealkylation sites (tertiary alicyclic amines) is 1. The van der Waals surface area contributed by atoms with Crippen molar-refractivity contribution >= 4 is 5.91 Å². The lowest BCUT2D eigenvalue weighted by molar-refractivity contribution is 0.0711. The summed E-state index contributed by atoms with van der Waals surface area (Å²) in [5.41, 5.74) is 0.696. The second-order valence-electron chi connectivity index (χ2n) is 6.48. The van der Waals surface area contributed by atoms with E-state index in [1.165, 1.54) is 0 Å². The number of hydrogen-bond acceptors (Lipinski definition) is 3. The van der Waals surface area contributed by atoms with Gasteiger partial charge in [0.2, 0.25) is 0 Å². The number of ether oxygens (including phenoxy) is 1. The van der Waals surface area contributed by atoms with Gasteiger partial charge < -0.3 is 14.6 Å². The first-order chi connectivity index (χ1) is 12.8. The van der Waals surface area contributed by atoms with Gasteiger partial charge in [-0.3, -0.25) is 4.79 Å². The Bertz CT molecular complexity index is 837. The van der Waals surface area contributed by atoms with Crippen LogP contribution < -0.4 is 4.74 Å². The summed E-state index contributed by atoms with van der Waals surface area (Å²) in [7, 11) is 0. The molecule has 2 heterocycles. The molecule has 5 nitrogen and oxygen atoms in total. The van der Waals surface area contributed by atoms with Crippen LogP contribution in [0.4, 0.5) is 0 Å². The van der Waals surface area contributed by atoms with Crippen molar-refractivity contribution in [2.75, 3.05) is 13.1 Å². The van der Waals surface area contributed by atoms with Crippen LogP contribution in [0.25, 0.3) is 0 Å². The van der Waals surface area contributed by atoms with Crippen LogP contribution >= 0.6 is 0 Å². The highest BCUT2D eigenvalue weighted by atomic mass is 16.5. The number of para-hydroxylation sites is 1. The van der Waals surface area contributed by atoms with Gasteiger partial charge in [0, 0.05) is 37.0 Å². The van der Waals surface area contributed by atoms with Gasteiger partial charge >= 0.3 is 0 Å². The number of imidazole rings is 1. The second-order valence-corrected chi connectivity index (χ2v) is 6.48. The molecule has 1 aliphatic rings. The van der Waals surface area contributed by atoms with Gasteiger partial charge in [0.15, 0.2) is 0 Å². The Morgan fingerprint density at radius 3 is 2.35 bits per heavy atom. The quantitative estimate of drug-likeness (QED) is 0.769. The van der Waals surface area contributed by atoms with E-state index in [1.54, 1.807) is 6.20 Å². The monoisotopic (exact) mass is 347 g/mol. The number of nitrogens with one attached hydrogen (secondary N) is 1. The molecule has 0 saturated carbocycles. The fourth-order valence-corrected chi connectivity index (χ4v) is 3.33. The number of benzene rings is 2. The smallest absolute Gasteiger partial charge is 0.253 e. The Hall–Kier alpha value is -3.08. The van der Waals surface area contributed by atoms with Gasteiger partial charge in [-0.1, -0.05) is 18.2 Å². The summed E-state index contributed by atoms with van der Waals surface area (Å²) in [6.07, 6.45) is 5.51. The van der Waals surface area contributed by atoms with Crippen LogP contribution in [0, 0.1) is 0 Å².